The number of H-pyrrole nitrogens is 1. The Labute approximate surface area is 500 Å². The highest BCUT2D eigenvalue weighted by Gasteiger charge is 2.57. The number of alkyl halides is 3. The fraction of sp³-hybridized carbons (Fsp3) is 0.389. The first-order valence-corrected chi connectivity index (χ1v) is 32.2. The Balaban J connectivity index is 0.000000211. The zero-order valence-electron chi connectivity index (χ0n) is 44.1. The summed E-state index contributed by atoms with van der Waals surface area (Å²) in [5.74, 6) is -1.50. The van der Waals surface area contributed by atoms with Gasteiger partial charge < -0.3 is 37.1 Å². The maximum absolute atomic E-state index is 12.9. The zero-order valence-corrected chi connectivity index (χ0v) is 51.8. The standard InChI is InChI=1S/C22H24O5.C21H21ClIN3O3.C6H3ClIN3.C4H9F3O3SSi.CH4/c1-4-18-15(2)22(3,27-20(24)17-13-9-6-10-14-17)21(25-18)26-19(23)16-11-7-5-8-12-16;1-4-15-12(2)21(3,29-19(27)13-8-6-5-7-9-13)20(28-15)26-10-14(23)16-17(22)24-11-25-18(16)26;7-5-4-3(8)1-9-6(4)11-2-10-5;1-12(2,3)10-11(8,9)4(5,6)7;/h5-15,18,21H,4H2,1-3H3;5-12,15,20H,4H2,1-3H3;1-2H,(H,9,10,11);1-3H3;1H4/t15?,18-,21+,22-;12?,15-,20-,21-;;;/m11.../s1. The van der Waals surface area contributed by atoms with Crippen LogP contribution < -0.4 is 0 Å². The number of benzene rings is 3. The van der Waals surface area contributed by atoms with Crippen molar-refractivity contribution in [1.29, 1.82) is 0 Å². The van der Waals surface area contributed by atoms with Crippen molar-refractivity contribution in [3.8, 4) is 0 Å². The summed E-state index contributed by atoms with van der Waals surface area (Å²) in [6.45, 7) is 15.8. The molecule has 2 aliphatic rings. The number of fused-ring (bicyclic) bond motifs is 2. The highest BCUT2D eigenvalue weighted by molar-refractivity contribution is 14.1. The van der Waals surface area contributed by atoms with Gasteiger partial charge in [0.2, 0.25) is 14.6 Å². The van der Waals surface area contributed by atoms with Gasteiger partial charge in [-0.2, -0.15) is 21.6 Å². The molecule has 0 spiro atoms. The molecule has 17 nitrogen and oxygen atoms in total. The largest absolute Gasteiger partial charge is 0.522 e. The maximum Gasteiger partial charge on any atom is 0.522 e. The third-order valence-electron chi connectivity index (χ3n) is 12.9. The molecular weight excluding hydrogens is 1350 g/mol. The van der Waals surface area contributed by atoms with Crippen LogP contribution in [0.1, 0.15) is 99.1 Å². The molecule has 8 atom stereocenters. The van der Waals surface area contributed by atoms with Crippen molar-refractivity contribution in [3.63, 3.8) is 0 Å². The number of esters is 3. The van der Waals surface area contributed by atoms with Gasteiger partial charge in [0.25, 0.3) is 0 Å². The van der Waals surface area contributed by atoms with E-state index in [1.54, 1.807) is 67.6 Å². The third kappa shape index (κ3) is 15.4. The van der Waals surface area contributed by atoms with E-state index in [9.17, 15) is 36.0 Å². The van der Waals surface area contributed by atoms with Crippen molar-refractivity contribution < 1.29 is 63.5 Å². The molecule has 2 aliphatic heterocycles. The van der Waals surface area contributed by atoms with Crippen molar-refractivity contribution in [2.75, 3.05) is 0 Å². The molecule has 9 rings (SSSR count). The van der Waals surface area contributed by atoms with Crippen LogP contribution in [-0.4, -0.2) is 99.3 Å². The van der Waals surface area contributed by atoms with E-state index in [0.717, 1.165) is 36.4 Å². The Hall–Kier alpha value is -4.81. The number of halogens is 7. The number of aromatic nitrogens is 6. The van der Waals surface area contributed by atoms with Crippen LogP contribution >= 0.6 is 68.4 Å². The molecule has 432 valence electrons. The minimum absolute atomic E-state index is 0. The first-order chi connectivity index (χ1) is 37.1. The molecule has 80 heavy (non-hydrogen) atoms. The van der Waals surface area contributed by atoms with Gasteiger partial charge in [0.1, 0.15) is 34.3 Å². The molecule has 3 aromatic carbocycles. The average molecular weight is 1410 g/mol. The van der Waals surface area contributed by atoms with Crippen LogP contribution in [0.4, 0.5) is 13.2 Å². The molecule has 0 radical (unpaired) electrons. The Bertz CT molecular complexity index is 3350. The van der Waals surface area contributed by atoms with E-state index in [4.69, 9.17) is 46.9 Å². The van der Waals surface area contributed by atoms with Crippen molar-refractivity contribution in [1.82, 2.24) is 29.5 Å². The van der Waals surface area contributed by atoms with E-state index in [-0.39, 0.29) is 37.4 Å². The lowest BCUT2D eigenvalue weighted by atomic mass is 9.86. The van der Waals surface area contributed by atoms with Gasteiger partial charge in [0.15, 0.2) is 17.4 Å². The smallest absolute Gasteiger partial charge is 0.451 e. The first-order valence-electron chi connectivity index (χ1n) is 24.5. The van der Waals surface area contributed by atoms with E-state index < -0.39 is 59.6 Å². The lowest BCUT2D eigenvalue weighted by molar-refractivity contribution is -0.169. The van der Waals surface area contributed by atoms with Crippen LogP contribution in [0.5, 0.6) is 0 Å². The van der Waals surface area contributed by atoms with E-state index >= 15 is 0 Å². The van der Waals surface area contributed by atoms with Crippen LogP contribution in [-0.2, 0) is 37.7 Å². The fourth-order valence-corrected chi connectivity index (χ4v) is 13.8. The SMILES string of the molecule is C.CC[C@H]1O[C@@H](OC(=O)c2ccccc2)[C@](C)(OC(=O)c2ccccc2)C1C.CC[C@H]1O[C@@H](n2cc(I)c3c(Cl)ncnc32)[C@](C)(OC(=O)c2ccccc2)C1C.C[Si](C)(C)OS(=O)(=O)C(F)(F)F.Clc1ncnc2[nH]cc(I)c12. The van der Waals surface area contributed by atoms with E-state index in [1.807, 2.05) is 68.1 Å². The van der Waals surface area contributed by atoms with Crippen molar-refractivity contribution >= 4 is 127 Å². The first kappa shape index (κ1) is 66.0. The van der Waals surface area contributed by atoms with Gasteiger partial charge in [-0.25, -0.2) is 34.3 Å². The van der Waals surface area contributed by atoms with Crippen molar-refractivity contribution in [2.24, 2.45) is 11.8 Å². The quantitative estimate of drug-likeness (QED) is 0.0318. The molecule has 0 bridgehead atoms. The zero-order chi connectivity index (χ0) is 58.3. The summed E-state index contributed by atoms with van der Waals surface area (Å²) in [7, 11) is -8.10. The summed E-state index contributed by atoms with van der Waals surface area (Å²) >= 11 is 16.5. The second-order valence-electron chi connectivity index (χ2n) is 19.4. The summed E-state index contributed by atoms with van der Waals surface area (Å²) < 4.78 is 93.5. The molecule has 2 saturated heterocycles. The molecule has 2 fully saturated rings. The minimum atomic E-state index is -5.39. The van der Waals surface area contributed by atoms with Crippen LogP contribution in [0.15, 0.2) is 116 Å². The van der Waals surface area contributed by atoms with Gasteiger partial charge in [0, 0.05) is 31.4 Å². The van der Waals surface area contributed by atoms with Gasteiger partial charge in [-0.05, 0) is 128 Å². The summed E-state index contributed by atoms with van der Waals surface area (Å²) in [6.07, 6.45) is 6.44. The lowest BCUT2D eigenvalue weighted by Crippen LogP contribution is -2.46. The van der Waals surface area contributed by atoms with Crippen LogP contribution in [0, 0.1) is 19.0 Å². The highest BCUT2D eigenvalue weighted by Crippen LogP contribution is 2.48. The van der Waals surface area contributed by atoms with Crippen LogP contribution in [0.2, 0.25) is 29.9 Å². The number of nitrogens with zero attached hydrogens (tertiary/aromatic N) is 5. The molecule has 1 N–H and O–H groups in total. The Morgan fingerprint density at radius 3 is 1.62 bits per heavy atom. The molecule has 0 saturated carbocycles. The van der Waals surface area contributed by atoms with Gasteiger partial charge in [0.05, 0.1) is 39.7 Å². The fourth-order valence-electron chi connectivity index (χ4n) is 8.53. The second-order valence-corrected chi connectivity index (χ2v) is 28.7. The van der Waals surface area contributed by atoms with E-state index in [1.165, 1.54) is 32.3 Å². The Morgan fingerprint density at radius 1 is 0.713 bits per heavy atom. The number of carbonyl (C=O) groups excluding carboxylic acids is 3. The minimum Gasteiger partial charge on any atom is -0.451 e. The maximum atomic E-state index is 12.9. The topological polar surface area (TPSA) is 213 Å². The van der Waals surface area contributed by atoms with E-state index in [0.29, 0.717) is 32.6 Å². The molecule has 26 heteroatoms. The highest BCUT2D eigenvalue weighted by atomic mass is 127. The molecule has 4 aromatic heterocycles. The number of carbonyl (C=O) groups is 3. The lowest BCUT2D eigenvalue weighted by Gasteiger charge is -2.34. The summed E-state index contributed by atoms with van der Waals surface area (Å²) in [5.41, 5.74) is -4.47. The predicted molar refractivity (Wildman–Crippen MR) is 317 cm³/mol. The number of aromatic amines is 1. The van der Waals surface area contributed by atoms with Gasteiger partial charge in [-0.3, -0.25) is 0 Å². The van der Waals surface area contributed by atoms with Gasteiger partial charge in [-0.1, -0.05) is 113 Å². The van der Waals surface area contributed by atoms with Crippen molar-refractivity contribution in [3.05, 3.63) is 150 Å². The molecule has 6 heterocycles. The third-order valence-corrected chi connectivity index (χ3v) is 18.6. The van der Waals surface area contributed by atoms with Crippen LogP contribution in [0.3, 0.4) is 0 Å². The molecule has 7 aromatic rings. The number of nitrogens with one attached hydrogen (secondary N) is 1. The second kappa shape index (κ2) is 27.5. The normalized spacial score (nSPS) is 22.6. The summed E-state index contributed by atoms with van der Waals surface area (Å²) in [5, 5.41) is 2.55. The Morgan fingerprint density at radius 2 is 1.16 bits per heavy atom. The monoisotopic (exact) mass is 1410 g/mol. The predicted octanol–water partition coefficient (Wildman–Crippen LogP) is 14.0. The number of rotatable bonds is 11. The number of hydrogen-bond acceptors (Lipinski definition) is 15. The number of ether oxygens (including phenoxy) is 5. The van der Waals surface area contributed by atoms with Gasteiger partial charge >= 0.3 is 33.5 Å². The number of hydrogen-bond donors (Lipinski definition) is 1. The summed E-state index contributed by atoms with van der Waals surface area (Å²) in [6, 6.07) is 26.5. The van der Waals surface area contributed by atoms with Gasteiger partial charge in [-0.15, -0.1) is 0 Å². The average Bonchev–Trinajstić information content (AvgIpc) is 4.33. The summed E-state index contributed by atoms with van der Waals surface area (Å²) in [4.78, 5) is 57.4. The Kier molecular flexibility index (Phi) is 22.7. The van der Waals surface area contributed by atoms with Crippen molar-refractivity contribution in [2.45, 2.75) is 123 Å². The van der Waals surface area contributed by atoms with E-state index in [2.05, 4.69) is 87.8 Å². The van der Waals surface area contributed by atoms with Crippen LogP contribution in [0.25, 0.3) is 22.1 Å². The molecule has 0 aliphatic carbocycles. The molecular formula is C54H61Cl2F3I2N6O11SSi. The molecule has 2 unspecified atom stereocenters. The molecule has 0 amide bonds.